The first-order valence-electron chi connectivity index (χ1n) is 9.78. The zero-order chi connectivity index (χ0) is 22.8. The minimum absolute atomic E-state index is 0.174. The first kappa shape index (κ1) is 21.0. The van der Waals surface area contributed by atoms with Gasteiger partial charge in [-0.3, -0.25) is 4.79 Å². The fourth-order valence-corrected chi connectivity index (χ4v) is 3.18. The Labute approximate surface area is 182 Å². The fourth-order valence-electron chi connectivity index (χ4n) is 3.18. The van der Waals surface area contributed by atoms with Gasteiger partial charge in [0, 0.05) is 29.2 Å². The van der Waals surface area contributed by atoms with Gasteiger partial charge in [0.1, 0.15) is 18.1 Å². The Bertz CT molecular complexity index is 1380. The summed E-state index contributed by atoms with van der Waals surface area (Å²) in [6.45, 7) is 3.11. The molecule has 10 heteroatoms. The Hall–Kier alpha value is -4.21. The number of amides is 1. The summed E-state index contributed by atoms with van der Waals surface area (Å²) >= 11 is 0. The Balaban J connectivity index is 1.63. The Morgan fingerprint density at radius 3 is 2.69 bits per heavy atom. The Kier molecular flexibility index (Phi) is 5.59. The third-order valence-electron chi connectivity index (χ3n) is 4.77. The number of rotatable bonds is 6. The Morgan fingerprint density at radius 1 is 1.12 bits per heavy atom. The van der Waals surface area contributed by atoms with Gasteiger partial charge in [-0.2, -0.15) is 0 Å². The zero-order valence-electron chi connectivity index (χ0n) is 17.7. The molecular weight excluding hydrogens is 415 g/mol. The summed E-state index contributed by atoms with van der Waals surface area (Å²) in [6.07, 6.45) is 0. The molecule has 0 aliphatic rings. The van der Waals surface area contributed by atoms with Crippen molar-refractivity contribution in [1.29, 1.82) is 0 Å². The van der Waals surface area contributed by atoms with Crippen LogP contribution in [-0.2, 0) is 11.3 Å². The van der Waals surface area contributed by atoms with Gasteiger partial charge < -0.3 is 15.4 Å². The maximum absolute atomic E-state index is 13.9. The van der Waals surface area contributed by atoms with Crippen LogP contribution in [-0.4, -0.2) is 32.2 Å². The van der Waals surface area contributed by atoms with Crippen molar-refractivity contribution in [2.45, 2.75) is 20.4 Å². The topological polar surface area (TPSA) is 103 Å². The van der Waals surface area contributed by atoms with E-state index in [1.54, 1.807) is 56.3 Å². The number of aromatic nitrogens is 4. The van der Waals surface area contributed by atoms with Crippen LogP contribution < -0.4 is 21.1 Å². The smallest absolute Gasteiger partial charge is 0.353 e. The van der Waals surface area contributed by atoms with E-state index in [4.69, 9.17) is 4.74 Å². The molecule has 0 aliphatic carbocycles. The molecule has 32 heavy (non-hydrogen) atoms. The molecule has 2 aromatic carbocycles. The van der Waals surface area contributed by atoms with E-state index in [0.717, 1.165) is 4.68 Å². The average molecular weight is 436 g/mol. The lowest BCUT2D eigenvalue weighted by molar-refractivity contribution is -0.117. The first-order chi connectivity index (χ1) is 15.3. The van der Waals surface area contributed by atoms with Crippen molar-refractivity contribution in [3.63, 3.8) is 0 Å². The van der Waals surface area contributed by atoms with Crippen molar-refractivity contribution in [1.82, 2.24) is 19.2 Å². The van der Waals surface area contributed by atoms with Gasteiger partial charge in [0.25, 0.3) is 0 Å². The predicted molar refractivity (Wildman–Crippen MR) is 118 cm³/mol. The molecule has 0 fully saturated rings. The van der Waals surface area contributed by atoms with Gasteiger partial charge >= 0.3 is 5.69 Å². The molecule has 9 nitrogen and oxygen atoms in total. The molecule has 2 N–H and O–H groups in total. The van der Waals surface area contributed by atoms with Gasteiger partial charge in [-0.15, -0.1) is 5.10 Å². The molecule has 2 aromatic heterocycles. The number of carbonyl (C=O) groups excluding carboxylic acids is 1. The third-order valence-corrected chi connectivity index (χ3v) is 4.77. The maximum Gasteiger partial charge on any atom is 0.353 e. The van der Waals surface area contributed by atoms with Crippen LogP contribution in [0.4, 0.5) is 21.7 Å². The molecular formula is C22H21FN6O3. The van der Waals surface area contributed by atoms with Gasteiger partial charge in [0.2, 0.25) is 11.9 Å². The number of nitrogens with one attached hydrogen (secondary N) is 2. The van der Waals surface area contributed by atoms with E-state index < -0.39 is 11.6 Å². The van der Waals surface area contributed by atoms with Crippen LogP contribution in [0, 0.1) is 19.7 Å². The van der Waals surface area contributed by atoms with Crippen LogP contribution in [0.15, 0.2) is 53.3 Å². The number of aryl methyl sites for hydroxylation is 2. The van der Waals surface area contributed by atoms with Crippen molar-refractivity contribution in [3.05, 3.63) is 76.1 Å². The summed E-state index contributed by atoms with van der Waals surface area (Å²) < 4.78 is 21.4. The second-order valence-electron chi connectivity index (χ2n) is 7.22. The second-order valence-corrected chi connectivity index (χ2v) is 7.22. The second kappa shape index (κ2) is 8.50. The van der Waals surface area contributed by atoms with Crippen molar-refractivity contribution < 1.29 is 13.9 Å². The molecule has 0 saturated carbocycles. The van der Waals surface area contributed by atoms with Gasteiger partial charge in [-0.1, -0.05) is 12.1 Å². The molecule has 0 aliphatic heterocycles. The number of nitrogens with zero attached hydrogens (tertiary/aromatic N) is 4. The molecule has 0 spiro atoms. The number of benzene rings is 2. The molecule has 4 rings (SSSR count). The standard InChI is InChI=1S/C22H21FN6O3/c1-13-7-8-16(11-18(13)23)26-21-24-14(2)9-19-27-28(22(31)29(19)21)12-20(30)25-15-5-4-6-17(10-15)32-3/h4-11H,12H2,1-3H3,(H,24,26)(H,25,30). The van der Waals surface area contributed by atoms with Crippen molar-refractivity contribution >= 4 is 28.9 Å². The quantitative estimate of drug-likeness (QED) is 0.482. The van der Waals surface area contributed by atoms with Crippen LogP contribution in [0.5, 0.6) is 5.75 Å². The van der Waals surface area contributed by atoms with Crippen molar-refractivity contribution in [2.75, 3.05) is 17.7 Å². The number of anilines is 3. The SMILES string of the molecule is COc1cccc(NC(=O)Cn2nc3cc(C)nc(Nc4ccc(C)c(F)c4)n3c2=O)c1. The number of hydrogen-bond donors (Lipinski definition) is 2. The lowest BCUT2D eigenvalue weighted by Crippen LogP contribution is -2.29. The number of methoxy groups -OCH3 is 1. The van der Waals surface area contributed by atoms with E-state index in [1.165, 1.54) is 17.6 Å². The summed E-state index contributed by atoms with van der Waals surface area (Å²) in [5, 5.41) is 9.92. The van der Waals surface area contributed by atoms with Crippen molar-refractivity contribution in [3.8, 4) is 5.75 Å². The highest BCUT2D eigenvalue weighted by Crippen LogP contribution is 2.19. The van der Waals surface area contributed by atoms with E-state index in [0.29, 0.717) is 34.0 Å². The third kappa shape index (κ3) is 4.29. The van der Waals surface area contributed by atoms with Crippen LogP contribution in [0.3, 0.4) is 0 Å². The molecule has 0 unspecified atom stereocenters. The van der Waals surface area contributed by atoms with Crippen LogP contribution in [0.25, 0.3) is 5.65 Å². The molecule has 0 radical (unpaired) electrons. The molecule has 164 valence electrons. The summed E-state index contributed by atoms with van der Waals surface area (Å²) in [4.78, 5) is 29.8. The van der Waals surface area contributed by atoms with E-state index in [9.17, 15) is 14.0 Å². The summed E-state index contributed by atoms with van der Waals surface area (Å²) in [6, 6.07) is 13.1. The summed E-state index contributed by atoms with van der Waals surface area (Å²) in [5.41, 5.74) is 1.83. The number of ether oxygens (including phenoxy) is 1. The summed E-state index contributed by atoms with van der Waals surface area (Å²) in [5.74, 6) is -0.0371. The average Bonchev–Trinajstić information content (AvgIpc) is 3.05. The largest absolute Gasteiger partial charge is 0.497 e. The number of hydrogen-bond acceptors (Lipinski definition) is 6. The molecule has 0 atom stereocenters. The fraction of sp³-hybridized carbons (Fsp3) is 0.182. The van der Waals surface area contributed by atoms with E-state index in [-0.39, 0.29) is 18.3 Å². The molecule has 0 bridgehead atoms. The number of halogens is 1. The Morgan fingerprint density at radius 2 is 1.94 bits per heavy atom. The highest BCUT2D eigenvalue weighted by molar-refractivity contribution is 5.90. The lowest BCUT2D eigenvalue weighted by Gasteiger charge is -2.09. The molecule has 2 heterocycles. The van der Waals surface area contributed by atoms with E-state index >= 15 is 0 Å². The molecule has 4 aromatic rings. The van der Waals surface area contributed by atoms with Crippen molar-refractivity contribution in [2.24, 2.45) is 0 Å². The highest BCUT2D eigenvalue weighted by atomic mass is 19.1. The molecule has 1 amide bonds. The van der Waals surface area contributed by atoms with Gasteiger partial charge in [-0.05, 0) is 43.7 Å². The minimum atomic E-state index is -0.552. The van der Waals surface area contributed by atoms with Gasteiger partial charge in [0.05, 0.1) is 7.11 Å². The van der Waals surface area contributed by atoms with E-state index in [1.807, 2.05) is 0 Å². The normalized spacial score (nSPS) is 10.9. The summed E-state index contributed by atoms with van der Waals surface area (Å²) in [7, 11) is 1.53. The number of fused-ring (bicyclic) bond motifs is 1. The minimum Gasteiger partial charge on any atom is -0.497 e. The predicted octanol–water partition coefficient (Wildman–Crippen LogP) is 3.04. The van der Waals surface area contributed by atoms with Gasteiger partial charge in [0.15, 0.2) is 5.65 Å². The van der Waals surface area contributed by atoms with Gasteiger partial charge in [-0.25, -0.2) is 23.3 Å². The van der Waals surface area contributed by atoms with E-state index in [2.05, 4.69) is 20.7 Å². The highest BCUT2D eigenvalue weighted by Gasteiger charge is 2.16. The van der Waals surface area contributed by atoms with Crippen LogP contribution in [0.2, 0.25) is 0 Å². The van der Waals surface area contributed by atoms with Crippen LogP contribution >= 0.6 is 0 Å². The maximum atomic E-state index is 13.9. The molecule has 0 saturated heterocycles. The monoisotopic (exact) mass is 436 g/mol. The number of carbonyl (C=O) groups is 1. The first-order valence-corrected chi connectivity index (χ1v) is 9.78. The zero-order valence-corrected chi connectivity index (χ0v) is 17.7. The lowest BCUT2D eigenvalue weighted by atomic mass is 10.2. The van der Waals surface area contributed by atoms with Crippen LogP contribution in [0.1, 0.15) is 11.3 Å².